The molecule has 36 heavy (non-hydrogen) atoms. The number of likely N-dealkylation sites (tertiary alicyclic amines) is 1. The molecule has 1 saturated heterocycles. The third-order valence-corrected chi connectivity index (χ3v) is 7.28. The van der Waals surface area contributed by atoms with Crippen molar-refractivity contribution in [2.75, 3.05) is 19.6 Å². The summed E-state index contributed by atoms with van der Waals surface area (Å²) >= 11 is 0. The van der Waals surface area contributed by atoms with Crippen molar-refractivity contribution in [2.24, 2.45) is 0 Å². The average molecular weight is 479 g/mol. The van der Waals surface area contributed by atoms with Crippen LogP contribution in [0.1, 0.15) is 50.2 Å². The van der Waals surface area contributed by atoms with Crippen LogP contribution in [-0.2, 0) is 4.79 Å². The summed E-state index contributed by atoms with van der Waals surface area (Å²) in [5, 5.41) is 0. The lowest BCUT2D eigenvalue weighted by atomic mass is 10.0. The quantitative estimate of drug-likeness (QED) is 0.315. The first-order valence-electron chi connectivity index (χ1n) is 13.0. The molecule has 0 saturated carbocycles. The molecule has 4 aromatic rings. The predicted molar refractivity (Wildman–Crippen MR) is 145 cm³/mol. The van der Waals surface area contributed by atoms with Crippen LogP contribution in [0.3, 0.4) is 0 Å². The number of imidazole rings is 1. The fraction of sp³-hybridized carbons (Fsp3) is 0.290. The van der Waals surface area contributed by atoms with E-state index in [0.29, 0.717) is 0 Å². The zero-order valence-electron chi connectivity index (χ0n) is 21.1. The van der Waals surface area contributed by atoms with E-state index in [-0.39, 0.29) is 18.0 Å². The normalized spacial score (nSPS) is 16.4. The maximum Gasteiger partial charge on any atom is 0.245 e. The molecule has 1 N–H and O–H groups in total. The number of hydrogen-bond acceptors (Lipinski definition) is 3. The van der Waals surface area contributed by atoms with Gasteiger partial charge in [0.1, 0.15) is 11.9 Å². The van der Waals surface area contributed by atoms with Crippen molar-refractivity contribution >= 4 is 5.91 Å². The van der Waals surface area contributed by atoms with Crippen LogP contribution in [0.4, 0.5) is 0 Å². The van der Waals surface area contributed by atoms with Crippen LogP contribution in [0.5, 0.6) is 0 Å². The van der Waals surface area contributed by atoms with Gasteiger partial charge in [-0.05, 0) is 48.2 Å². The van der Waals surface area contributed by atoms with Gasteiger partial charge in [-0.1, -0.05) is 98.8 Å². The van der Waals surface area contributed by atoms with Crippen molar-refractivity contribution < 1.29 is 4.79 Å². The van der Waals surface area contributed by atoms with Crippen molar-refractivity contribution in [3.63, 3.8) is 0 Å². The molecule has 2 unspecified atom stereocenters. The van der Waals surface area contributed by atoms with Gasteiger partial charge in [0.2, 0.25) is 5.91 Å². The zero-order chi connectivity index (χ0) is 24.9. The first-order chi connectivity index (χ1) is 17.7. The number of aromatic nitrogens is 2. The Labute approximate surface area is 213 Å². The number of aromatic amines is 1. The van der Waals surface area contributed by atoms with Crippen LogP contribution >= 0.6 is 0 Å². The van der Waals surface area contributed by atoms with E-state index >= 15 is 0 Å². The topological polar surface area (TPSA) is 52.2 Å². The summed E-state index contributed by atoms with van der Waals surface area (Å²) in [6.07, 6.45) is 3.80. The summed E-state index contributed by atoms with van der Waals surface area (Å²) in [6, 6.07) is 28.8. The summed E-state index contributed by atoms with van der Waals surface area (Å²) in [7, 11) is 0. The Balaban J connectivity index is 1.38. The maximum atomic E-state index is 14.0. The lowest BCUT2D eigenvalue weighted by Gasteiger charge is -2.34. The lowest BCUT2D eigenvalue weighted by molar-refractivity contribution is -0.138. The molecule has 0 radical (unpaired) electrons. The number of carbonyl (C=O) groups is 1. The van der Waals surface area contributed by atoms with E-state index in [1.165, 1.54) is 11.1 Å². The Hall–Kier alpha value is -3.70. The Kier molecular flexibility index (Phi) is 7.28. The molecule has 0 spiro atoms. The highest BCUT2D eigenvalue weighted by atomic mass is 16.2. The molecule has 5 heteroatoms. The number of H-pyrrole nitrogens is 1. The van der Waals surface area contributed by atoms with E-state index in [4.69, 9.17) is 4.98 Å². The lowest BCUT2D eigenvalue weighted by Crippen LogP contribution is -2.43. The highest BCUT2D eigenvalue weighted by Crippen LogP contribution is 2.35. The number of hydrogen-bond donors (Lipinski definition) is 1. The van der Waals surface area contributed by atoms with Crippen molar-refractivity contribution in [1.29, 1.82) is 0 Å². The SMILES string of the molecule is CCN(CC)C(C(=O)N1CCCC1c1ncc(-c2ccc(-c3ccccc3)cc2)[nH]1)c1ccccc1. The minimum atomic E-state index is -0.276. The molecule has 2 heterocycles. The van der Waals surface area contributed by atoms with Gasteiger partial charge in [0, 0.05) is 6.54 Å². The molecule has 184 valence electrons. The van der Waals surface area contributed by atoms with E-state index in [1.807, 2.05) is 35.4 Å². The molecule has 5 rings (SSSR count). The van der Waals surface area contributed by atoms with Gasteiger partial charge in [-0.25, -0.2) is 4.98 Å². The van der Waals surface area contributed by atoms with Gasteiger partial charge in [0.05, 0.1) is 17.9 Å². The summed E-state index contributed by atoms with van der Waals surface area (Å²) in [4.78, 5) is 26.5. The number of likely N-dealkylation sites (N-methyl/N-ethyl adjacent to an activating group) is 1. The summed E-state index contributed by atoms with van der Waals surface area (Å²) in [5.41, 5.74) is 5.52. The second-order valence-corrected chi connectivity index (χ2v) is 9.35. The molecule has 0 aliphatic carbocycles. The standard InChI is InChI=1S/C31H34N4O/c1-3-34(4-2)29(26-14-9-6-10-15-26)31(36)35-21-11-16-28(35)30-32-22-27(33-30)25-19-17-24(18-20-25)23-12-7-5-8-13-23/h5-10,12-15,17-20,22,28-29H,3-4,11,16,21H2,1-2H3,(H,32,33). The van der Waals surface area contributed by atoms with Crippen LogP contribution in [0.15, 0.2) is 91.1 Å². The predicted octanol–water partition coefficient (Wildman–Crippen LogP) is 6.49. The van der Waals surface area contributed by atoms with Crippen molar-refractivity contribution in [1.82, 2.24) is 19.8 Å². The Morgan fingerprint density at radius 2 is 1.53 bits per heavy atom. The number of benzene rings is 3. The summed E-state index contributed by atoms with van der Waals surface area (Å²) < 4.78 is 0. The van der Waals surface area contributed by atoms with Crippen molar-refractivity contribution in [3.05, 3.63) is 103 Å². The monoisotopic (exact) mass is 478 g/mol. The fourth-order valence-corrected chi connectivity index (χ4v) is 5.33. The highest BCUT2D eigenvalue weighted by molar-refractivity contribution is 5.84. The van der Waals surface area contributed by atoms with Gasteiger partial charge in [-0.3, -0.25) is 9.69 Å². The molecule has 1 amide bonds. The summed E-state index contributed by atoms with van der Waals surface area (Å²) in [6.45, 7) is 6.65. The molecule has 1 fully saturated rings. The van der Waals surface area contributed by atoms with Crippen LogP contribution in [0.25, 0.3) is 22.4 Å². The zero-order valence-corrected chi connectivity index (χ0v) is 21.1. The fourth-order valence-electron chi connectivity index (χ4n) is 5.33. The maximum absolute atomic E-state index is 14.0. The molecule has 2 atom stereocenters. The van der Waals surface area contributed by atoms with E-state index < -0.39 is 0 Å². The molecular formula is C31H34N4O. The Morgan fingerprint density at radius 1 is 0.917 bits per heavy atom. The Bertz CT molecular complexity index is 1260. The van der Waals surface area contributed by atoms with Crippen LogP contribution < -0.4 is 0 Å². The minimum Gasteiger partial charge on any atom is -0.340 e. The molecule has 1 aliphatic heterocycles. The van der Waals surface area contributed by atoms with Crippen molar-refractivity contribution in [3.8, 4) is 22.4 Å². The van der Waals surface area contributed by atoms with Gasteiger partial charge >= 0.3 is 0 Å². The smallest absolute Gasteiger partial charge is 0.245 e. The van der Waals surface area contributed by atoms with E-state index in [0.717, 1.165) is 55.1 Å². The molecule has 5 nitrogen and oxygen atoms in total. The highest BCUT2D eigenvalue weighted by Gasteiger charge is 2.37. The first-order valence-corrected chi connectivity index (χ1v) is 13.0. The van der Waals surface area contributed by atoms with Gasteiger partial charge in [0.25, 0.3) is 0 Å². The van der Waals surface area contributed by atoms with Gasteiger partial charge in [-0.15, -0.1) is 0 Å². The van der Waals surface area contributed by atoms with Gasteiger partial charge < -0.3 is 9.88 Å². The van der Waals surface area contributed by atoms with Crippen molar-refractivity contribution in [2.45, 2.75) is 38.8 Å². The van der Waals surface area contributed by atoms with Gasteiger partial charge in [0.15, 0.2) is 0 Å². The average Bonchev–Trinajstić information content (AvgIpc) is 3.63. The van der Waals surface area contributed by atoms with Gasteiger partial charge in [-0.2, -0.15) is 0 Å². The molecule has 0 bridgehead atoms. The minimum absolute atomic E-state index is 0.0309. The third kappa shape index (κ3) is 4.84. The van der Waals surface area contributed by atoms with E-state index in [2.05, 4.69) is 84.4 Å². The second kappa shape index (κ2) is 10.9. The summed E-state index contributed by atoms with van der Waals surface area (Å²) in [5.74, 6) is 1.03. The number of amides is 1. The van der Waals surface area contributed by atoms with E-state index in [1.54, 1.807) is 0 Å². The number of nitrogens with one attached hydrogen (secondary N) is 1. The Morgan fingerprint density at radius 3 is 2.19 bits per heavy atom. The van der Waals surface area contributed by atoms with Crippen LogP contribution in [-0.4, -0.2) is 45.3 Å². The third-order valence-electron chi connectivity index (χ3n) is 7.28. The molecular weight excluding hydrogens is 444 g/mol. The molecule has 1 aliphatic rings. The second-order valence-electron chi connectivity index (χ2n) is 9.35. The van der Waals surface area contributed by atoms with E-state index in [9.17, 15) is 4.79 Å². The largest absolute Gasteiger partial charge is 0.340 e. The first kappa shape index (κ1) is 24.0. The number of carbonyl (C=O) groups excluding carboxylic acids is 1. The van der Waals surface area contributed by atoms with Crippen LogP contribution in [0, 0.1) is 0 Å². The molecule has 3 aromatic carbocycles. The molecule has 1 aromatic heterocycles. The van der Waals surface area contributed by atoms with Crippen LogP contribution in [0.2, 0.25) is 0 Å². The number of rotatable bonds is 8. The number of nitrogens with zero attached hydrogens (tertiary/aromatic N) is 3.